The summed E-state index contributed by atoms with van der Waals surface area (Å²) < 4.78 is 6.89. The number of ether oxygens (including phenoxy) is 1. The summed E-state index contributed by atoms with van der Waals surface area (Å²) in [4.78, 5) is 12.2. The van der Waals surface area contributed by atoms with Gasteiger partial charge in [0.25, 0.3) is 5.91 Å². The van der Waals surface area contributed by atoms with Crippen LogP contribution in [0.25, 0.3) is 0 Å². The third-order valence-corrected chi connectivity index (χ3v) is 3.64. The quantitative estimate of drug-likeness (QED) is 0.841. The van der Waals surface area contributed by atoms with Gasteiger partial charge < -0.3 is 19.7 Å². The van der Waals surface area contributed by atoms with Crippen molar-refractivity contribution in [1.82, 2.24) is 9.88 Å². The molecule has 5 nitrogen and oxygen atoms in total. The van der Waals surface area contributed by atoms with Gasteiger partial charge in [-0.1, -0.05) is 12.8 Å². The second-order valence-electron chi connectivity index (χ2n) is 5.01. The van der Waals surface area contributed by atoms with E-state index in [0.29, 0.717) is 18.8 Å². The van der Waals surface area contributed by atoms with Crippen molar-refractivity contribution in [3.8, 4) is 0 Å². The SMILES string of the molecule is COCCn1cccc1C(=O)NC1CCCCC1O. The number of rotatable bonds is 5. The number of methoxy groups -OCH3 is 1. The Morgan fingerprint density at radius 3 is 3.05 bits per heavy atom. The predicted octanol–water partition coefficient (Wildman–Crippen LogP) is 1.17. The summed E-state index contributed by atoms with van der Waals surface area (Å²) in [6.45, 7) is 1.22. The van der Waals surface area contributed by atoms with E-state index in [2.05, 4.69) is 5.32 Å². The number of hydrogen-bond acceptors (Lipinski definition) is 3. The average Bonchev–Trinajstić information content (AvgIpc) is 2.87. The van der Waals surface area contributed by atoms with Gasteiger partial charge in [-0.25, -0.2) is 0 Å². The number of nitrogens with one attached hydrogen (secondary N) is 1. The first-order chi connectivity index (χ1) is 9.22. The van der Waals surface area contributed by atoms with Crippen LogP contribution in [0.15, 0.2) is 18.3 Å². The lowest BCUT2D eigenvalue weighted by atomic mass is 9.92. The summed E-state index contributed by atoms with van der Waals surface area (Å²) in [5.74, 6) is -0.118. The van der Waals surface area contributed by atoms with Gasteiger partial charge in [0.1, 0.15) is 5.69 Å². The van der Waals surface area contributed by atoms with Gasteiger partial charge in [0.05, 0.1) is 18.8 Å². The van der Waals surface area contributed by atoms with Crippen molar-refractivity contribution in [1.29, 1.82) is 0 Å². The monoisotopic (exact) mass is 266 g/mol. The molecule has 1 aliphatic carbocycles. The summed E-state index contributed by atoms with van der Waals surface area (Å²) in [7, 11) is 1.64. The highest BCUT2D eigenvalue weighted by Gasteiger charge is 2.25. The molecule has 2 N–H and O–H groups in total. The van der Waals surface area contributed by atoms with Gasteiger partial charge in [0, 0.05) is 19.9 Å². The number of nitrogens with zero attached hydrogens (tertiary/aromatic N) is 1. The fraction of sp³-hybridized carbons (Fsp3) is 0.643. The number of aromatic nitrogens is 1. The van der Waals surface area contributed by atoms with E-state index in [0.717, 1.165) is 25.7 Å². The standard InChI is InChI=1S/C14H22N2O3/c1-19-10-9-16-8-4-6-12(16)14(18)15-11-5-2-3-7-13(11)17/h4,6,8,11,13,17H,2-3,5,7,9-10H2,1H3,(H,15,18). The Labute approximate surface area is 113 Å². The third-order valence-electron chi connectivity index (χ3n) is 3.64. The second kappa shape index (κ2) is 6.73. The number of amides is 1. The molecule has 1 amide bonds. The fourth-order valence-electron chi connectivity index (χ4n) is 2.53. The van der Waals surface area contributed by atoms with Crippen molar-refractivity contribution < 1.29 is 14.6 Å². The minimum atomic E-state index is -0.417. The minimum Gasteiger partial charge on any atom is -0.391 e. The van der Waals surface area contributed by atoms with Crippen LogP contribution in [-0.2, 0) is 11.3 Å². The number of carbonyl (C=O) groups is 1. The summed E-state index contributed by atoms with van der Waals surface area (Å²) >= 11 is 0. The van der Waals surface area contributed by atoms with Crippen molar-refractivity contribution in [2.75, 3.05) is 13.7 Å². The fourth-order valence-corrected chi connectivity index (χ4v) is 2.53. The van der Waals surface area contributed by atoms with Crippen molar-refractivity contribution in [2.45, 2.75) is 44.4 Å². The van der Waals surface area contributed by atoms with E-state index < -0.39 is 6.10 Å². The molecule has 0 bridgehead atoms. The van der Waals surface area contributed by atoms with Gasteiger partial charge in [-0.15, -0.1) is 0 Å². The number of aliphatic hydroxyl groups excluding tert-OH is 1. The molecule has 0 aliphatic heterocycles. The van der Waals surface area contributed by atoms with E-state index in [1.807, 2.05) is 16.8 Å². The van der Waals surface area contributed by atoms with Crippen LogP contribution < -0.4 is 5.32 Å². The molecule has 19 heavy (non-hydrogen) atoms. The normalized spacial score (nSPS) is 23.3. The highest BCUT2D eigenvalue weighted by Crippen LogP contribution is 2.18. The Morgan fingerprint density at radius 1 is 1.53 bits per heavy atom. The highest BCUT2D eigenvalue weighted by molar-refractivity contribution is 5.93. The molecule has 1 heterocycles. The molecule has 2 unspecified atom stereocenters. The number of carbonyl (C=O) groups excluding carboxylic acids is 1. The van der Waals surface area contributed by atoms with Gasteiger partial charge in [-0.05, 0) is 25.0 Å². The average molecular weight is 266 g/mol. The van der Waals surface area contributed by atoms with E-state index in [4.69, 9.17) is 4.74 Å². The third kappa shape index (κ3) is 3.58. The van der Waals surface area contributed by atoms with E-state index in [-0.39, 0.29) is 11.9 Å². The lowest BCUT2D eigenvalue weighted by Gasteiger charge is -2.28. The van der Waals surface area contributed by atoms with Crippen LogP contribution in [0, 0.1) is 0 Å². The van der Waals surface area contributed by atoms with E-state index in [9.17, 15) is 9.90 Å². The molecule has 5 heteroatoms. The van der Waals surface area contributed by atoms with Crippen LogP contribution in [0.5, 0.6) is 0 Å². The van der Waals surface area contributed by atoms with Crippen molar-refractivity contribution >= 4 is 5.91 Å². The smallest absolute Gasteiger partial charge is 0.268 e. The molecule has 106 valence electrons. The molecule has 0 radical (unpaired) electrons. The molecular weight excluding hydrogens is 244 g/mol. The second-order valence-corrected chi connectivity index (χ2v) is 5.01. The summed E-state index contributed by atoms with van der Waals surface area (Å²) in [6.07, 6.45) is 5.18. The summed E-state index contributed by atoms with van der Waals surface area (Å²) in [6, 6.07) is 3.52. The Kier molecular flexibility index (Phi) is 4.99. The molecule has 1 fully saturated rings. The Bertz CT molecular complexity index is 417. The van der Waals surface area contributed by atoms with Gasteiger partial charge in [-0.3, -0.25) is 4.79 Å². The zero-order valence-corrected chi connectivity index (χ0v) is 11.3. The van der Waals surface area contributed by atoms with Gasteiger partial charge in [0.2, 0.25) is 0 Å². The highest BCUT2D eigenvalue weighted by atomic mass is 16.5. The van der Waals surface area contributed by atoms with E-state index in [1.165, 1.54) is 0 Å². The molecule has 2 rings (SSSR count). The maximum absolute atomic E-state index is 12.2. The molecule has 1 aromatic heterocycles. The number of aliphatic hydroxyl groups is 1. The van der Waals surface area contributed by atoms with Crippen molar-refractivity contribution in [3.05, 3.63) is 24.0 Å². The summed E-state index contributed by atoms with van der Waals surface area (Å²) in [5.41, 5.74) is 0.620. The molecule has 0 spiro atoms. The van der Waals surface area contributed by atoms with Crippen molar-refractivity contribution in [2.24, 2.45) is 0 Å². The van der Waals surface area contributed by atoms with Crippen LogP contribution in [0.3, 0.4) is 0 Å². The van der Waals surface area contributed by atoms with Gasteiger partial charge in [-0.2, -0.15) is 0 Å². The molecule has 1 saturated carbocycles. The van der Waals surface area contributed by atoms with Crippen LogP contribution in [0.4, 0.5) is 0 Å². The minimum absolute atomic E-state index is 0.118. The van der Waals surface area contributed by atoms with Crippen LogP contribution in [0.2, 0.25) is 0 Å². The Balaban J connectivity index is 1.97. The number of hydrogen-bond donors (Lipinski definition) is 2. The zero-order chi connectivity index (χ0) is 13.7. The Hall–Kier alpha value is -1.33. The first-order valence-corrected chi connectivity index (χ1v) is 6.85. The first-order valence-electron chi connectivity index (χ1n) is 6.85. The molecule has 1 aliphatic rings. The largest absolute Gasteiger partial charge is 0.391 e. The molecule has 0 aromatic carbocycles. The lowest BCUT2D eigenvalue weighted by molar-refractivity contribution is 0.0709. The van der Waals surface area contributed by atoms with E-state index >= 15 is 0 Å². The topological polar surface area (TPSA) is 63.5 Å². The molecule has 0 saturated heterocycles. The van der Waals surface area contributed by atoms with Gasteiger partial charge >= 0.3 is 0 Å². The Morgan fingerprint density at radius 2 is 2.32 bits per heavy atom. The maximum atomic E-state index is 12.2. The summed E-state index contributed by atoms with van der Waals surface area (Å²) in [5, 5.41) is 12.8. The first kappa shape index (κ1) is 14.1. The molecule has 1 aromatic rings. The predicted molar refractivity (Wildman–Crippen MR) is 72.0 cm³/mol. The molecular formula is C14H22N2O3. The lowest BCUT2D eigenvalue weighted by Crippen LogP contribution is -2.45. The van der Waals surface area contributed by atoms with Crippen LogP contribution in [0.1, 0.15) is 36.2 Å². The van der Waals surface area contributed by atoms with Gasteiger partial charge in [0.15, 0.2) is 0 Å². The zero-order valence-electron chi connectivity index (χ0n) is 11.3. The van der Waals surface area contributed by atoms with Crippen molar-refractivity contribution in [3.63, 3.8) is 0 Å². The van der Waals surface area contributed by atoms with Crippen LogP contribution in [-0.4, -0.2) is 41.4 Å². The maximum Gasteiger partial charge on any atom is 0.268 e. The van der Waals surface area contributed by atoms with E-state index in [1.54, 1.807) is 13.2 Å². The van der Waals surface area contributed by atoms with Crippen LogP contribution >= 0.6 is 0 Å². The molecule has 2 atom stereocenters.